The summed E-state index contributed by atoms with van der Waals surface area (Å²) < 4.78 is 5.68. The van der Waals surface area contributed by atoms with Crippen molar-refractivity contribution >= 4 is 40.6 Å². The summed E-state index contributed by atoms with van der Waals surface area (Å²) in [7, 11) is 0. The summed E-state index contributed by atoms with van der Waals surface area (Å²) in [5, 5.41) is 6.41. The fourth-order valence-electron chi connectivity index (χ4n) is 1.84. The molecule has 1 heterocycles. The van der Waals surface area contributed by atoms with Crippen molar-refractivity contribution in [2.24, 2.45) is 0 Å². The van der Waals surface area contributed by atoms with Crippen molar-refractivity contribution in [1.82, 2.24) is 0 Å². The number of benzene rings is 1. The first-order chi connectivity index (χ1) is 10.1. The lowest BCUT2D eigenvalue weighted by Gasteiger charge is -2.09. The Bertz CT molecular complexity index is 628. The standard InChI is InChI=1S/C15H17ClN2O2S/c1-10(19)18-15-6-3-11(7-14(15)16)17-8-12-4-5-13(20-12)9-21-2/h3-7,17H,8-9H2,1-2H3,(H,18,19). The molecule has 2 N–H and O–H groups in total. The van der Waals surface area contributed by atoms with E-state index in [0.29, 0.717) is 17.3 Å². The molecule has 0 saturated carbocycles. The van der Waals surface area contributed by atoms with Crippen LogP contribution in [0.4, 0.5) is 11.4 Å². The molecule has 0 bridgehead atoms. The average Bonchev–Trinajstić information content (AvgIpc) is 2.87. The molecular weight excluding hydrogens is 308 g/mol. The predicted molar refractivity (Wildman–Crippen MR) is 89.0 cm³/mol. The molecule has 0 aliphatic heterocycles. The van der Waals surface area contributed by atoms with E-state index in [4.69, 9.17) is 16.0 Å². The van der Waals surface area contributed by atoms with Crippen molar-refractivity contribution in [2.75, 3.05) is 16.9 Å². The number of rotatable bonds is 6. The van der Waals surface area contributed by atoms with E-state index < -0.39 is 0 Å². The minimum Gasteiger partial charge on any atom is -0.463 e. The lowest BCUT2D eigenvalue weighted by molar-refractivity contribution is -0.114. The number of hydrogen-bond acceptors (Lipinski definition) is 4. The zero-order valence-corrected chi connectivity index (χ0v) is 13.5. The topological polar surface area (TPSA) is 54.3 Å². The zero-order chi connectivity index (χ0) is 15.2. The normalized spacial score (nSPS) is 10.4. The van der Waals surface area contributed by atoms with Crippen LogP contribution in [0.5, 0.6) is 0 Å². The summed E-state index contributed by atoms with van der Waals surface area (Å²) in [5.74, 6) is 2.58. The van der Waals surface area contributed by atoms with E-state index in [-0.39, 0.29) is 5.91 Å². The maximum Gasteiger partial charge on any atom is 0.221 e. The van der Waals surface area contributed by atoms with Gasteiger partial charge in [0.05, 0.1) is 23.0 Å². The first-order valence-electron chi connectivity index (χ1n) is 6.46. The maximum atomic E-state index is 11.0. The molecule has 1 aromatic carbocycles. The molecule has 0 aliphatic rings. The van der Waals surface area contributed by atoms with E-state index in [1.165, 1.54) is 6.92 Å². The van der Waals surface area contributed by atoms with Gasteiger partial charge in [-0.1, -0.05) is 11.6 Å². The second-order valence-corrected chi connectivity index (χ2v) is 5.80. The van der Waals surface area contributed by atoms with Crippen LogP contribution in [0.3, 0.4) is 0 Å². The largest absolute Gasteiger partial charge is 0.463 e. The van der Waals surface area contributed by atoms with Crippen molar-refractivity contribution < 1.29 is 9.21 Å². The van der Waals surface area contributed by atoms with Crippen LogP contribution in [0, 0.1) is 0 Å². The van der Waals surface area contributed by atoms with Crippen LogP contribution in [0.25, 0.3) is 0 Å². The number of thioether (sulfide) groups is 1. The Morgan fingerprint density at radius 1 is 1.29 bits per heavy atom. The number of nitrogens with one attached hydrogen (secondary N) is 2. The maximum absolute atomic E-state index is 11.0. The summed E-state index contributed by atoms with van der Waals surface area (Å²) in [4.78, 5) is 11.0. The molecular formula is C15H17ClN2O2S. The van der Waals surface area contributed by atoms with E-state index in [9.17, 15) is 4.79 Å². The first-order valence-corrected chi connectivity index (χ1v) is 8.23. The highest BCUT2D eigenvalue weighted by molar-refractivity contribution is 7.97. The van der Waals surface area contributed by atoms with Crippen LogP contribution in [-0.2, 0) is 17.1 Å². The monoisotopic (exact) mass is 324 g/mol. The van der Waals surface area contributed by atoms with E-state index in [0.717, 1.165) is 23.0 Å². The van der Waals surface area contributed by atoms with Crippen LogP contribution >= 0.6 is 23.4 Å². The van der Waals surface area contributed by atoms with Crippen LogP contribution in [0.1, 0.15) is 18.4 Å². The molecule has 0 radical (unpaired) electrons. The fourth-order valence-corrected chi connectivity index (χ4v) is 2.51. The van der Waals surface area contributed by atoms with Crippen LogP contribution in [0.15, 0.2) is 34.7 Å². The Morgan fingerprint density at radius 2 is 2.05 bits per heavy atom. The SMILES string of the molecule is CSCc1ccc(CNc2ccc(NC(C)=O)c(Cl)c2)o1. The molecule has 0 atom stereocenters. The summed E-state index contributed by atoms with van der Waals surface area (Å²) >= 11 is 7.84. The predicted octanol–water partition coefficient (Wildman–Crippen LogP) is 4.37. The summed E-state index contributed by atoms with van der Waals surface area (Å²) in [6, 6.07) is 9.36. The molecule has 2 rings (SSSR count). The number of hydrogen-bond donors (Lipinski definition) is 2. The molecule has 1 aromatic heterocycles. The Balaban J connectivity index is 1.96. The highest BCUT2D eigenvalue weighted by Gasteiger charge is 2.05. The van der Waals surface area contributed by atoms with Crippen LogP contribution in [0.2, 0.25) is 5.02 Å². The van der Waals surface area contributed by atoms with Gasteiger partial charge in [-0.2, -0.15) is 11.8 Å². The smallest absolute Gasteiger partial charge is 0.221 e. The second kappa shape index (κ2) is 7.43. The number of furan rings is 1. The highest BCUT2D eigenvalue weighted by atomic mass is 35.5. The van der Waals surface area contributed by atoms with Crippen molar-refractivity contribution in [2.45, 2.75) is 19.2 Å². The van der Waals surface area contributed by atoms with E-state index >= 15 is 0 Å². The van der Waals surface area contributed by atoms with Gasteiger partial charge >= 0.3 is 0 Å². The van der Waals surface area contributed by atoms with Gasteiger partial charge in [0, 0.05) is 12.6 Å². The second-order valence-electron chi connectivity index (χ2n) is 4.53. The molecule has 0 unspecified atom stereocenters. The quantitative estimate of drug-likeness (QED) is 0.828. The Hall–Kier alpha value is -1.59. The Morgan fingerprint density at radius 3 is 2.71 bits per heavy atom. The number of carbonyl (C=O) groups excluding carboxylic acids is 1. The van der Waals surface area contributed by atoms with Gasteiger partial charge in [0.25, 0.3) is 0 Å². The minimum absolute atomic E-state index is 0.144. The number of carbonyl (C=O) groups is 1. The number of halogens is 1. The van der Waals surface area contributed by atoms with E-state index in [2.05, 4.69) is 10.6 Å². The van der Waals surface area contributed by atoms with Gasteiger partial charge in [-0.15, -0.1) is 0 Å². The van der Waals surface area contributed by atoms with Gasteiger partial charge in [-0.25, -0.2) is 0 Å². The summed E-state index contributed by atoms with van der Waals surface area (Å²) in [6.07, 6.45) is 2.04. The van der Waals surface area contributed by atoms with Gasteiger partial charge in [0.15, 0.2) is 0 Å². The highest BCUT2D eigenvalue weighted by Crippen LogP contribution is 2.26. The zero-order valence-electron chi connectivity index (χ0n) is 11.9. The first kappa shape index (κ1) is 15.8. The molecule has 112 valence electrons. The third-order valence-corrected chi connectivity index (χ3v) is 3.64. The average molecular weight is 325 g/mol. The Kier molecular flexibility index (Phi) is 5.59. The lowest BCUT2D eigenvalue weighted by Crippen LogP contribution is -2.06. The molecule has 4 nitrogen and oxygen atoms in total. The van der Waals surface area contributed by atoms with E-state index in [1.54, 1.807) is 23.9 Å². The molecule has 0 spiro atoms. The lowest BCUT2D eigenvalue weighted by atomic mass is 10.2. The molecule has 0 fully saturated rings. The molecule has 1 amide bonds. The van der Waals surface area contributed by atoms with Crippen molar-refractivity contribution in [1.29, 1.82) is 0 Å². The molecule has 21 heavy (non-hydrogen) atoms. The summed E-state index contributed by atoms with van der Waals surface area (Å²) in [6.45, 7) is 2.04. The number of anilines is 2. The Labute approximate surface area is 133 Å². The minimum atomic E-state index is -0.144. The van der Waals surface area contributed by atoms with Gasteiger partial charge in [0.2, 0.25) is 5.91 Å². The molecule has 0 aliphatic carbocycles. The van der Waals surface area contributed by atoms with E-state index in [1.807, 2.05) is 24.5 Å². The summed E-state index contributed by atoms with van der Waals surface area (Å²) in [5.41, 5.74) is 1.48. The van der Waals surface area contributed by atoms with Gasteiger partial charge in [-0.3, -0.25) is 4.79 Å². The molecule has 6 heteroatoms. The molecule has 2 aromatic rings. The van der Waals surface area contributed by atoms with Crippen molar-refractivity contribution in [3.8, 4) is 0 Å². The van der Waals surface area contributed by atoms with Crippen LogP contribution in [-0.4, -0.2) is 12.2 Å². The van der Waals surface area contributed by atoms with Crippen molar-refractivity contribution in [3.63, 3.8) is 0 Å². The third-order valence-electron chi connectivity index (χ3n) is 2.75. The molecule has 0 saturated heterocycles. The van der Waals surface area contributed by atoms with Gasteiger partial charge < -0.3 is 15.1 Å². The van der Waals surface area contributed by atoms with Gasteiger partial charge in [0.1, 0.15) is 11.5 Å². The number of amides is 1. The van der Waals surface area contributed by atoms with Crippen molar-refractivity contribution in [3.05, 3.63) is 46.9 Å². The van der Waals surface area contributed by atoms with Gasteiger partial charge in [-0.05, 0) is 36.6 Å². The third kappa shape index (κ3) is 4.72. The van der Waals surface area contributed by atoms with Crippen LogP contribution < -0.4 is 10.6 Å². The fraction of sp³-hybridized carbons (Fsp3) is 0.267.